The van der Waals surface area contributed by atoms with Crippen molar-refractivity contribution in [2.24, 2.45) is 0 Å². The zero-order chi connectivity index (χ0) is 14.9. The Morgan fingerprint density at radius 2 is 1.45 bits per heavy atom. The van der Waals surface area contributed by atoms with E-state index in [2.05, 4.69) is 0 Å². The van der Waals surface area contributed by atoms with Crippen LogP contribution in [0.25, 0.3) is 0 Å². The Morgan fingerprint density at radius 1 is 0.950 bits per heavy atom. The molecule has 0 aromatic heterocycles. The Kier molecular flexibility index (Phi) is 4.17. The van der Waals surface area contributed by atoms with Gasteiger partial charge in [-0.15, -0.1) is 0 Å². The van der Waals surface area contributed by atoms with Gasteiger partial charge >= 0.3 is 0 Å². The van der Waals surface area contributed by atoms with Gasteiger partial charge in [0.2, 0.25) is 0 Å². The van der Waals surface area contributed by atoms with Crippen molar-refractivity contribution in [2.45, 2.75) is 4.90 Å². The van der Waals surface area contributed by atoms with Crippen LogP contribution in [0, 0.1) is 11.6 Å². The molecule has 0 fully saturated rings. The molecule has 0 atom stereocenters. The van der Waals surface area contributed by atoms with Crippen molar-refractivity contribution in [3.8, 4) is 0 Å². The molecule has 0 unspecified atom stereocenters. The van der Waals surface area contributed by atoms with Crippen molar-refractivity contribution < 1.29 is 17.2 Å². The Balaban J connectivity index is 2.46. The first-order chi connectivity index (χ1) is 9.29. The van der Waals surface area contributed by atoms with Crippen LogP contribution in [0.3, 0.4) is 0 Å². The van der Waals surface area contributed by atoms with Crippen LogP contribution in [0.15, 0.2) is 41.3 Å². The molecule has 0 spiro atoms. The highest BCUT2D eigenvalue weighted by Crippen LogP contribution is 2.26. The number of sulfonamides is 1. The molecule has 2 aromatic rings. The van der Waals surface area contributed by atoms with E-state index < -0.39 is 27.3 Å². The number of anilines is 1. The fraction of sp³-hybridized carbons (Fsp3) is 0. The van der Waals surface area contributed by atoms with Gasteiger partial charge in [0.05, 0.1) is 4.90 Å². The summed E-state index contributed by atoms with van der Waals surface area (Å²) in [5.41, 5.74) is -0.761. The molecule has 0 bridgehead atoms. The molecule has 0 amide bonds. The molecule has 0 radical (unpaired) electrons. The lowest BCUT2D eigenvalue weighted by atomic mass is 10.3. The molecule has 1 N–H and O–H groups in total. The van der Waals surface area contributed by atoms with E-state index in [1.165, 1.54) is 6.07 Å². The third-order valence-corrected chi connectivity index (χ3v) is 4.11. The summed E-state index contributed by atoms with van der Waals surface area (Å²) in [4.78, 5) is -0.294. The van der Waals surface area contributed by atoms with Gasteiger partial charge in [0.25, 0.3) is 10.0 Å². The van der Waals surface area contributed by atoms with Crippen LogP contribution >= 0.6 is 23.2 Å². The second-order valence-corrected chi connectivity index (χ2v) is 6.36. The highest BCUT2D eigenvalue weighted by molar-refractivity contribution is 7.92. The smallest absolute Gasteiger partial charge is 0.262 e. The number of nitrogens with one attached hydrogen (secondary N) is 1. The first kappa shape index (κ1) is 15.0. The molecule has 0 aliphatic carbocycles. The summed E-state index contributed by atoms with van der Waals surface area (Å²) in [6.07, 6.45) is 0. The number of hydrogen-bond donors (Lipinski definition) is 1. The van der Waals surface area contributed by atoms with E-state index >= 15 is 0 Å². The molecule has 3 nitrogen and oxygen atoms in total. The van der Waals surface area contributed by atoms with E-state index in [1.54, 1.807) is 0 Å². The van der Waals surface area contributed by atoms with Crippen LogP contribution in [-0.4, -0.2) is 8.42 Å². The monoisotopic (exact) mass is 337 g/mol. The first-order valence-electron chi connectivity index (χ1n) is 5.22. The number of hydrogen-bond acceptors (Lipinski definition) is 2. The van der Waals surface area contributed by atoms with Gasteiger partial charge in [-0.2, -0.15) is 0 Å². The van der Waals surface area contributed by atoms with Gasteiger partial charge in [0, 0.05) is 10.0 Å². The van der Waals surface area contributed by atoms with Crippen LogP contribution in [-0.2, 0) is 10.0 Å². The van der Waals surface area contributed by atoms with Gasteiger partial charge in [0.1, 0.15) is 17.3 Å². The lowest BCUT2D eigenvalue weighted by Gasteiger charge is -2.10. The molecule has 20 heavy (non-hydrogen) atoms. The Hall–Kier alpha value is -1.37. The van der Waals surface area contributed by atoms with Crippen LogP contribution in [0.1, 0.15) is 0 Å². The molecular formula is C12H7Cl2F2NO2S. The minimum Gasteiger partial charge on any atom is -0.274 e. The van der Waals surface area contributed by atoms with E-state index in [0.717, 1.165) is 30.3 Å². The maximum Gasteiger partial charge on any atom is 0.262 e. The fourth-order valence-electron chi connectivity index (χ4n) is 1.47. The SMILES string of the molecule is O=S(=O)(Nc1c(F)cccc1F)c1cc(Cl)cc(Cl)c1. The van der Waals surface area contributed by atoms with Crippen molar-refractivity contribution >= 4 is 38.9 Å². The molecule has 8 heteroatoms. The number of halogens is 4. The lowest BCUT2D eigenvalue weighted by Crippen LogP contribution is -2.15. The summed E-state index contributed by atoms with van der Waals surface area (Å²) in [7, 11) is -4.20. The van der Waals surface area contributed by atoms with Crippen LogP contribution < -0.4 is 4.72 Å². The summed E-state index contributed by atoms with van der Waals surface area (Å²) in [6.45, 7) is 0. The van der Waals surface area contributed by atoms with Crippen LogP contribution in [0.5, 0.6) is 0 Å². The Bertz CT molecular complexity index is 726. The maximum atomic E-state index is 13.4. The first-order valence-corrected chi connectivity index (χ1v) is 7.46. The molecule has 106 valence electrons. The van der Waals surface area contributed by atoms with E-state index in [0.29, 0.717) is 0 Å². The van der Waals surface area contributed by atoms with Crippen LogP contribution in [0.2, 0.25) is 10.0 Å². The average Bonchev–Trinajstić information content (AvgIpc) is 2.33. The van der Waals surface area contributed by atoms with Gasteiger partial charge in [-0.05, 0) is 30.3 Å². The lowest BCUT2D eigenvalue weighted by molar-refractivity contribution is 0.583. The maximum absolute atomic E-state index is 13.4. The van der Waals surface area contributed by atoms with Crippen LogP contribution in [0.4, 0.5) is 14.5 Å². The van der Waals surface area contributed by atoms with Gasteiger partial charge in [-0.25, -0.2) is 17.2 Å². The van der Waals surface area contributed by atoms with E-state index in [4.69, 9.17) is 23.2 Å². The topological polar surface area (TPSA) is 46.2 Å². The zero-order valence-electron chi connectivity index (χ0n) is 9.70. The second-order valence-electron chi connectivity index (χ2n) is 3.81. The molecule has 0 heterocycles. The third kappa shape index (κ3) is 3.20. The summed E-state index contributed by atoms with van der Waals surface area (Å²) >= 11 is 11.4. The fourth-order valence-corrected chi connectivity index (χ4v) is 3.27. The number of benzene rings is 2. The largest absolute Gasteiger partial charge is 0.274 e. The molecule has 0 aliphatic rings. The predicted molar refractivity (Wildman–Crippen MR) is 73.6 cm³/mol. The van der Waals surface area contributed by atoms with Crippen molar-refractivity contribution in [1.29, 1.82) is 0 Å². The number of para-hydroxylation sites is 1. The molecule has 0 aliphatic heterocycles. The Labute approximate surface area is 124 Å². The second kappa shape index (κ2) is 5.55. The summed E-state index contributed by atoms with van der Waals surface area (Å²) in [5.74, 6) is -2.05. The van der Waals surface area contributed by atoms with E-state index in [9.17, 15) is 17.2 Å². The average molecular weight is 338 g/mol. The highest BCUT2D eigenvalue weighted by atomic mass is 35.5. The van der Waals surface area contributed by atoms with Gasteiger partial charge in [-0.1, -0.05) is 29.3 Å². The van der Waals surface area contributed by atoms with E-state index in [-0.39, 0.29) is 14.9 Å². The summed E-state index contributed by atoms with van der Waals surface area (Å²) < 4.78 is 52.8. The minimum absolute atomic E-state index is 0.0897. The number of rotatable bonds is 3. The van der Waals surface area contributed by atoms with Crippen molar-refractivity contribution in [3.63, 3.8) is 0 Å². The molecule has 2 rings (SSSR count). The predicted octanol–water partition coefficient (Wildman–Crippen LogP) is 4.07. The summed E-state index contributed by atoms with van der Waals surface area (Å²) in [5, 5.41) is 0.179. The molecular weight excluding hydrogens is 331 g/mol. The van der Waals surface area contributed by atoms with Gasteiger partial charge < -0.3 is 0 Å². The van der Waals surface area contributed by atoms with Gasteiger partial charge in [-0.3, -0.25) is 4.72 Å². The van der Waals surface area contributed by atoms with Crippen molar-refractivity contribution in [2.75, 3.05) is 4.72 Å². The molecule has 0 saturated carbocycles. The normalized spacial score (nSPS) is 11.4. The van der Waals surface area contributed by atoms with Crippen molar-refractivity contribution in [3.05, 3.63) is 58.1 Å². The molecule has 0 saturated heterocycles. The zero-order valence-corrected chi connectivity index (χ0v) is 12.0. The van der Waals surface area contributed by atoms with Crippen molar-refractivity contribution in [1.82, 2.24) is 0 Å². The summed E-state index contributed by atoms with van der Waals surface area (Å²) in [6, 6.07) is 6.57. The highest BCUT2D eigenvalue weighted by Gasteiger charge is 2.20. The quantitative estimate of drug-likeness (QED) is 0.917. The standard InChI is InChI=1S/C12H7Cl2F2NO2S/c13-7-4-8(14)6-9(5-7)20(18,19)17-12-10(15)2-1-3-11(12)16/h1-6,17H. The molecule has 2 aromatic carbocycles. The van der Waals surface area contributed by atoms with E-state index in [1.807, 2.05) is 4.72 Å². The van der Waals surface area contributed by atoms with Gasteiger partial charge in [0.15, 0.2) is 0 Å². The third-order valence-electron chi connectivity index (χ3n) is 2.35. The minimum atomic E-state index is -4.20. The Morgan fingerprint density at radius 3 is 1.95 bits per heavy atom.